The van der Waals surface area contributed by atoms with Crippen molar-refractivity contribution in [3.05, 3.63) is 28.7 Å². The molecular weight excluding hydrogens is 332 g/mol. The van der Waals surface area contributed by atoms with Gasteiger partial charge in [-0.05, 0) is 39.8 Å². The molecule has 8 nitrogen and oxygen atoms in total. The molecule has 0 radical (unpaired) electrons. The fourth-order valence-electron chi connectivity index (χ4n) is 4.10. The number of hydrogen-bond donors (Lipinski definition) is 1. The van der Waals surface area contributed by atoms with Crippen LogP contribution >= 0.6 is 0 Å². The third kappa shape index (κ3) is 3.19. The van der Waals surface area contributed by atoms with Gasteiger partial charge < -0.3 is 14.4 Å². The molecule has 0 spiro atoms. The van der Waals surface area contributed by atoms with Crippen LogP contribution in [-0.4, -0.2) is 60.5 Å². The van der Waals surface area contributed by atoms with Crippen LogP contribution in [0.5, 0.6) is 5.88 Å². The number of fused-ring (bicyclic) bond motifs is 1. The van der Waals surface area contributed by atoms with Gasteiger partial charge in [0.25, 0.3) is 0 Å². The zero-order valence-electron chi connectivity index (χ0n) is 15.6. The highest BCUT2D eigenvalue weighted by molar-refractivity contribution is 5.34. The van der Waals surface area contributed by atoms with Gasteiger partial charge in [-0.2, -0.15) is 4.98 Å². The molecule has 1 fully saturated rings. The molecule has 0 bridgehead atoms. The Kier molecular flexibility index (Phi) is 4.62. The lowest BCUT2D eigenvalue weighted by Gasteiger charge is -2.32. The number of nitrogens with zero attached hydrogens (tertiary/aromatic N) is 6. The van der Waals surface area contributed by atoms with Gasteiger partial charge in [0.2, 0.25) is 5.88 Å². The molecule has 0 unspecified atom stereocenters. The number of piperidine rings is 1. The highest BCUT2D eigenvalue weighted by Gasteiger charge is 2.31. The minimum atomic E-state index is -0.0658. The summed E-state index contributed by atoms with van der Waals surface area (Å²) in [6.07, 6.45) is 3.15. The number of hydrogen-bond acceptors (Lipinski definition) is 7. The van der Waals surface area contributed by atoms with E-state index >= 15 is 0 Å². The zero-order chi connectivity index (χ0) is 18.3. The normalized spacial score (nSPS) is 21.0. The van der Waals surface area contributed by atoms with Crippen molar-refractivity contribution in [1.82, 2.24) is 29.6 Å². The molecule has 2 aliphatic heterocycles. The Morgan fingerprint density at radius 1 is 1.15 bits per heavy atom. The summed E-state index contributed by atoms with van der Waals surface area (Å²) in [6.45, 7) is 6.83. The van der Waals surface area contributed by atoms with Gasteiger partial charge in [-0.3, -0.25) is 4.90 Å². The average Bonchev–Trinajstić information content (AvgIpc) is 3.19. The Hall–Kier alpha value is -2.06. The Morgan fingerprint density at radius 2 is 1.92 bits per heavy atom. The summed E-state index contributed by atoms with van der Waals surface area (Å²) in [6, 6.07) is 0. The van der Waals surface area contributed by atoms with E-state index in [-0.39, 0.29) is 12.7 Å². The molecule has 26 heavy (non-hydrogen) atoms. The van der Waals surface area contributed by atoms with E-state index in [0.717, 1.165) is 67.7 Å². The molecule has 8 heteroatoms. The largest absolute Gasteiger partial charge is 0.472 e. The van der Waals surface area contributed by atoms with Crippen LogP contribution in [-0.2, 0) is 20.1 Å². The molecule has 4 rings (SSSR count). The molecule has 4 heterocycles. The summed E-state index contributed by atoms with van der Waals surface area (Å²) >= 11 is 0. The van der Waals surface area contributed by atoms with Gasteiger partial charge in [0.05, 0.1) is 0 Å². The van der Waals surface area contributed by atoms with E-state index in [0.29, 0.717) is 11.7 Å². The van der Waals surface area contributed by atoms with Crippen LogP contribution in [0.3, 0.4) is 0 Å². The minimum Gasteiger partial charge on any atom is -0.472 e. The van der Waals surface area contributed by atoms with E-state index in [1.165, 1.54) is 0 Å². The van der Waals surface area contributed by atoms with Crippen molar-refractivity contribution in [3.8, 4) is 5.88 Å². The standard InChI is InChI=1S/C18H26N6O2/c1-11-15-8-14(26-18(15)20-12(2)19-11)9-24-6-4-13(5-7-24)17-22-21-16(10-25)23(17)3/h13-14,25H,4-10H2,1-3H3/t14-/m1/s1. The van der Waals surface area contributed by atoms with Crippen LogP contribution in [0.25, 0.3) is 0 Å². The second kappa shape index (κ2) is 6.92. The quantitative estimate of drug-likeness (QED) is 0.868. The van der Waals surface area contributed by atoms with Crippen molar-refractivity contribution < 1.29 is 9.84 Å². The smallest absolute Gasteiger partial charge is 0.220 e. The van der Waals surface area contributed by atoms with Crippen molar-refractivity contribution in [2.75, 3.05) is 19.6 Å². The van der Waals surface area contributed by atoms with E-state index in [2.05, 4.69) is 25.1 Å². The van der Waals surface area contributed by atoms with Gasteiger partial charge >= 0.3 is 0 Å². The number of aromatic nitrogens is 5. The zero-order valence-corrected chi connectivity index (χ0v) is 15.6. The van der Waals surface area contributed by atoms with Crippen molar-refractivity contribution in [3.63, 3.8) is 0 Å². The van der Waals surface area contributed by atoms with Gasteiger partial charge in [-0.1, -0.05) is 0 Å². The molecule has 0 aromatic carbocycles. The van der Waals surface area contributed by atoms with Crippen LogP contribution in [0.15, 0.2) is 0 Å². The first kappa shape index (κ1) is 17.4. The van der Waals surface area contributed by atoms with Gasteiger partial charge in [0.1, 0.15) is 24.4 Å². The summed E-state index contributed by atoms with van der Waals surface area (Å²) in [5.74, 6) is 3.56. The fraction of sp³-hybridized carbons (Fsp3) is 0.667. The summed E-state index contributed by atoms with van der Waals surface area (Å²) in [4.78, 5) is 11.4. The van der Waals surface area contributed by atoms with Gasteiger partial charge in [-0.15, -0.1) is 10.2 Å². The molecule has 0 saturated carbocycles. The predicted octanol–water partition coefficient (Wildman–Crippen LogP) is 0.897. The van der Waals surface area contributed by atoms with Gasteiger partial charge in [0.15, 0.2) is 5.82 Å². The van der Waals surface area contributed by atoms with Crippen molar-refractivity contribution in [2.45, 2.75) is 51.7 Å². The van der Waals surface area contributed by atoms with Crippen molar-refractivity contribution >= 4 is 0 Å². The number of ether oxygens (including phenoxy) is 1. The Balaban J connectivity index is 1.33. The van der Waals surface area contributed by atoms with Crippen LogP contribution in [0.1, 0.15) is 47.5 Å². The first-order valence-corrected chi connectivity index (χ1v) is 9.27. The molecular formula is C18H26N6O2. The lowest BCUT2D eigenvalue weighted by molar-refractivity contribution is 0.124. The maximum Gasteiger partial charge on any atom is 0.220 e. The van der Waals surface area contributed by atoms with E-state index in [4.69, 9.17) is 4.74 Å². The first-order valence-electron chi connectivity index (χ1n) is 9.27. The van der Waals surface area contributed by atoms with Gasteiger partial charge in [0, 0.05) is 37.2 Å². The average molecular weight is 358 g/mol. The van der Waals surface area contributed by atoms with E-state index < -0.39 is 0 Å². The van der Waals surface area contributed by atoms with Crippen molar-refractivity contribution in [2.24, 2.45) is 7.05 Å². The Morgan fingerprint density at radius 3 is 2.62 bits per heavy atom. The lowest BCUT2D eigenvalue weighted by Crippen LogP contribution is -2.40. The molecule has 140 valence electrons. The van der Waals surface area contributed by atoms with E-state index in [1.54, 1.807) is 0 Å². The molecule has 1 atom stereocenters. The van der Waals surface area contributed by atoms with Crippen molar-refractivity contribution in [1.29, 1.82) is 0 Å². The molecule has 2 aromatic heterocycles. The molecule has 1 N–H and O–H groups in total. The minimum absolute atomic E-state index is 0.0658. The van der Waals surface area contributed by atoms with E-state index in [9.17, 15) is 5.11 Å². The second-order valence-corrected chi connectivity index (χ2v) is 7.35. The van der Waals surface area contributed by atoms with Crippen LogP contribution in [0.2, 0.25) is 0 Å². The van der Waals surface area contributed by atoms with Crippen LogP contribution in [0, 0.1) is 13.8 Å². The molecule has 0 amide bonds. The Bertz CT molecular complexity index is 797. The summed E-state index contributed by atoms with van der Waals surface area (Å²) in [5.41, 5.74) is 2.20. The van der Waals surface area contributed by atoms with Crippen LogP contribution < -0.4 is 4.74 Å². The number of aliphatic hydroxyl groups excluding tert-OH is 1. The highest BCUT2D eigenvalue weighted by atomic mass is 16.5. The lowest BCUT2D eigenvalue weighted by atomic mass is 9.95. The van der Waals surface area contributed by atoms with E-state index in [1.807, 2.05) is 25.5 Å². The monoisotopic (exact) mass is 358 g/mol. The summed E-state index contributed by atoms with van der Waals surface area (Å²) in [7, 11) is 1.93. The number of aryl methyl sites for hydroxylation is 2. The topological polar surface area (TPSA) is 89.2 Å². The SMILES string of the molecule is Cc1nc(C)c2c(n1)O[C@@H](CN1CCC(c3nnc(CO)n3C)CC1)C2. The first-order chi connectivity index (χ1) is 12.5. The number of aliphatic hydroxyl groups is 1. The van der Waals surface area contributed by atoms with Gasteiger partial charge in [-0.25, -0.2) is 4.98 Å². The maximum absolute atomic E-state index is 9.29. The molecule has 2 aliphatic rings. The Labute approximate surface area is 153 Å². The summed E-state index contributed by atoms with van der Waals surface area (Å²) < 4.78 is 8.00. The fourth-order valence-corrected chi connectivity index (χ4v) is 4.10. The molecule has 2 aromatic rings. The third-order valence-corrected chi connectivity index (χ3v) is 5.55. The maximum atomic E-state index is 9.29. The summed E-state index contributed by atoms with van der Waals surface area (Å²) in [5, 5.41) is 17.6. The predicted molar refractivity (Wildman–Crippen MR) is 95.0 cm³/mol. The molecule has 1 saturated heterocycles. The molecule has 0 aliphatic carbocycles. The van der Waals surface area contributed by atoms with Crippen LogP contribution in [0.4, 0.5) is 0 Å². The number of likely N-dealkylation sites (tertiary alicyclic amines) is 1. The second-order valence-electron chi connectivity index (χ2n) is 7.35. The highest BCUT2D eigenvalue weighted by Crippen LogP contribution is 2.31. The third-order valence-electron chi connectivity index (χ3n) is 5.55. The number of rotatable bonds is 4.